The molecule has 0 saturated heterocycles. The highest BCUT2D eigenvalue weighted by Crippen LogP contribution is 2.48. The Kier molecular flexibility index (Phi) is 8.39. The number of fused-ring (bicyclic) bond motifs is 7. The maximum Gasteiger partial charge on any atom is 0.145 e. The van der Waals surface area contributed by atoms with Crippen LogP contribution in [-0.4, -0.2) is 0 Å². The van der Waals surface area contributed by atoms with E-state index < -0.39 is 0 Å². The molecule has 0 saturated carbocycles. The van der Waals surface area contributed by atoms with Crippen molar-refractivity contribution < 1.29 is 4.42 Å². The van der Waals surface area contributed by atoms with Crippen molar-refractivity contribution in [2.24, 2.45) is 0 Å². The van der Waals surface area contributed by atoms with Crippen molar-refractivity contribution in [3.63, 3.8) is 0 Å². The molecular formula is C58H37NOS. The van der Waals surface area contributed by atoms with Crippen LogP contribution < -0.4 is 4.90 Å². The Balaban J connectivity index is 1.07. The van der Waals surface area contributed by atoms with Crippen LogP contribution in [0.25, 0.3) is 97.4 Å². The Bertz CT molecular complexity index is 3570. The van der Waals surface area contributed by atoms with E-state index in [9.17, 15) is 0 Å². The molecule has 2 nitrogen and oxygen atoms in total. The molecule has 0 N–H and O–H groups in total. The third-order valence-electron chi connectivity index (χ3n) is 12.1. The number of furan rings is 1. The summed E-state index contributed by atoms with van der Waals surface area (Å²) in [5, 5.41) is 7.14. The van der Waals surface area contributed by atoms with Crippen LogP contribution in [0.4, 0.5) is 17.1 Å². The quantitative estimate of drug-likeness (QED) is 0.160. The summed E-state index contributed by atoms with van der Waals surface area (Å²) in [6, 6.07) is 81.1. The van der Waals surface area contributed by atoms with Gasteiger partial charge >= 0.3 is 0 Å². The lowest BCUT2D eigenvalue weighted by molar-refractivity contribution is 0.670. The van der Waals surface area contributed by atoms with Gasteiger partial charge in [0.15, 0.2) is 0 Å². The molecule has 286 valence electrons. The molecule has 0 radical (unpaired) electrons. The molecule has 3 heteroatoms. The van der Waals surface area contributed by atoms with Gasteiger partial charge in [0.2, 0.25) is 0 Å². The number of rotatable bonds is 7. The largest absolute Gasteiger partial charge is 0.455 e. The van der Waals surface area contributed by atoms with E-state index in [1.54, 1.807) is 0 Å². The molecule has 0 unspecified atom stereocenters. The third-order valence-corrected chi connectivity index (χ3v) is 13.2. The van der Waals surface area contributed by atoms with Crippen LogP contribution in [0.1, 0.15) is 0 Å². The topological polar surface area (TPSA) is 16.4 Å². The zero-order chi connectivity index (χ0) is 40.3. The van der Waals surface area contributed by atoms with Crippen LogP contribution in [0.3, 0.4) is 0 Å². The highest BCUT2D eigenvalue weighted by atomic mass is 32.1. The monoisotopic (exact) mass is 795 g/mol. The van der Waals surface area contributed by atoms with Crippen molar-refractivity contribution in [2.45, 2.75) is 0 Å². The Morgan fingerprint density at radius 2 is 0.918 bits per heavy atom. The minimum absolute atomic E-state index is 0.871. The molecule has 10 aromatic carbocycles. The average Bonchev–Trinajstić information content (AvgIpc) is 3.91. The highest BCUT2D eigenvalue weighted by molar-refractivity contribution is 7.25. The van der Waals surface area contributed by atoms with Gasteiger partial charge in [-0.1, -0.05) is 158 Å². The molecular weight excluding hydrogens is 759 g/mol. The van der Waals surface area contributed by atoms with E-state index in [0.29, 0.717) is 0 Å². The SMILES string of the molecule is c1ccc(-c2ccc3c(c2)sc2ccc(N(c4ccc(-c5cc6ccccc6cc5-c5ccccc5)cc4)c4ccc(-c5ccccc5)c5oc6ccccc6c45)cc23)cc1. The van der Waals surface area contributed by atoms with Crippen molar-refractivity contribution in [2.75, 3.05) is 4.90 Å². The van der Waals surface area contributed by atoms with Gasteiger partial charge in [-0.3, -0.25) is 0 Å². The normalized spacial score (nSPS) is 11.6. The first-order valence-electron chi connectivity index (χ1n) is 20.7. The fraction of sp³-hybridized carbons (Fsp3) is 0. The number of para-hydroxylation sites is 1. The maximum atomic E-state index is 6.81. The number of hydrogen-bond donors (Lipinski definition) is 0. The predicted octanol–water partition coefficient (Wildman–Crippen LogP) is 17.2. The Hall–Kier alpha value is -7.72. The fourth-order valence-electron chi connectivity index (χ4n) is 9.11. The number of benzene rings is 10. The van der Waals surface area contributed by atoms with Crippen LogP contribution in [0, 0.1) is 0 Å². The number of nitrogens with zero attached hydrogens (tertiary/aromatic N) is 1. The molecule has 61 heavy (non-hydrogen) atoms. The summed E-state index contributed by atoms with van der Waals surface area (Å²) >= 11 is 1.85. The lowest BCUT2D eigenvalue weighted by Gasteiger charge is -2.27. The second-order valence-corrected chi connectivity index (χ2v) is 16.7. The van der Waals surface area contributed by atoms with Crippen molar-refractivity contribution >= 4 is 81.3 Å². The molecule has 0 aliphatic heterocycles. The molecule has 0 aliphatic carbocycles. The Morgan fingerprint density at radius 1 is 0.344 bits per heavy atom. The van der Waals surface area contributed by atoms with Crippen molar-refractivity contribution in [3.8, 4) is 44.5 Å². The van der Waals surface area contributed by atoms with Gasteiger partial charge < -0.3 is 9.32 Å². The second kappa shape index (κ2) is 14.5. The number of hydrogen-bond acceptors (Lipinski definition) is 3. The van der Waals surface area contributed by atoms with Crippen molar-refractivity contribution in [1.82, 2.24) is 0 Å². The van der Waals surface area contributed by atoms with E-state index in [2.05, 4.69) is 229 Å². The van der Waals surface area contributed by atoms with Gasteiger partial charge in [-0.25, -0.2) is 0 Å². The standard InChI is InChI=1S/C58H37NOS/c1-4-14-38(15-5-1)44-26-30-48-52-37-46(29-33-55(52)61-56(48)36-44)59(53-32-31-47(39-16-6-2-7-17-39)58-57(53)49-22-12-13-23-54(49)60-58)45-27-24-41(25-28-45)51-35-43-21-11-10-20-42(43)34-50(51)40-18-8-3-9-19-40/h1-37H. The molecule has 12 rings (SSSR count). The molecule has 0 aliphatic rings. The highest BCUT2D eigenvalue weighted by Gasteiger charge is 2.23. The van der Waals surface area contributed by atoms with Gasteiger partial charge in [0.05, 0.1) is 11.1 Å². The molecule has 0 fully saturated rings. The van der Waals surface area contributed by atoms with E-state index >= 15 is 0 Å². The summed E-state index contributed by atoms with van der Waals surface area (Å²) in [5.74, 6) is 0. The van der Waals surface area contributed by atoms with Crippen LogP contribution in [0.15, 0.2) is 229 Å². The molecule has 2 heterocycles. The molecule has 0 bridgehead atoms. The number of anilines is 3. The van der Waals surface area contributed by atoms with Crippen LogP contribution in [0.2, 0.25) is 0 Å². The maximum absolute atomic E-state index is 6.81. The van der Waals surface area contributed by atoms with Crippen LogP contribution in [-0.2, 0) is 0 Å². The first kappa shape index (κ1) is 35.2. The molecule has 12 aromatic rings. The molecule has 0 spiro atoms. The van der Waals surface area contributed by atoms with Crippen molar-refractivity contribution in [1.29, 1.82) is 0 Å². The zero-order valence-electron chi connectivity index (χ0n) is 33.1. The fourth-order valence-corrected chi connectivity index (χ4v) is 10.2. The Labute approximate surface area is 357 Å². The lowest BCUT2D eigenvalue weighted by atomic mass is 9.91. The second-order valence-electron chi connectivity index (χ2n) is 15.7. The summed E-state index contributed by atoms with van der Waals surface area (Å²) in [4.78, 5) is 2.42. The third kappa shape index (κ3) is 6.09. The summed E-state index contributed by atoms with van der Waals surface area (Å²) in [6.45, 7) is 0. The van der Waals surface area contributed by atoms with Crippen molar-refractivity contribution in [3.05, 3.63) is 224 Å². The van der Waals surface area contributed by atoms with Gasteiger partial charge in [0.1, 0.15) is 11.2 Å². The van der Waals surface area contributed by atoms with E-state index in [4.69, 9.17) is 4.42 Å². The summed E-state index contributed by atoms with van der Waals surface area (Å²) in [6.07, 6.45) is 0. The molecule has 0 atom stereocenters. The van der Waals surface area contributed by atoms with E-state index in [-0.39, 0.29) is 0 Å². The minimum atomic E-state index is 0.871. The summed E-state index contributed by atoms with van der Waals surface area (Å²) < 4.78 is 9.35. The summed E-state index contributed by atoms with van der Waals surface area (Å²) in [5.41, 5.74) is 14.4. The average molecular weight is 796 g/mol. The first-order valence-corrected chi connectivity index (χ1v) is 21.6. The summed E-state index contributed by atoms with van der Waals surface area (Å²) in [7, 11) is 0. The van der Waals surface area contributed by atoms with E-state index in [0.717, 1.165) is 50.1 Å². The molecule has 0 amide bonds. The zero-order valence-corrected chi connectivity index (χ0v) is 33.9. The van der Waals surface area contributed by atoms with Gasteiger partial charge in [0, 0.05) is 42.5 Å². The van der Waals surface area contributed by atoms with Crippen LogP contribution >= 0.6 is 11.3 Å². The van der Waals surface area contributed by atoms with Gasteiger partial charge in [-0.15, -0.1) is 11.3 Å². The number of thiophene rings is 1. The lowest BCUT2D eigenvalue weighted by Crippen LogP contribution is -2.10. The van der Waals surface area contributed by atoms with Gasteiger partial charge in [0.25, 0.3) is 0 Å². The van der Waals surface area contributed by atoms with E-state index in [1.165, 1.54) is 64.3 Å². The predicted molar refractivity (Wildman–Crippen MR) is 261 cm³/mol. The van der Waals surface area contributed by atoms with Gasteiger partial charge in [-0.05, 0) is 116 Å². The smallest absolute Gasteiger partial charge is 0.145 e. The Morgan fingerprint density at radius 3 is 1.62 bits per heavy atom. The minimum Gasteiger partial charge on any atom is -0.455 e. The first-order chi connectivity index (χ1) is 30.2. The van der Waals surface area contributed by atoms with Gasteiger partial charge in [-0.2, -0.15) is 0 Å². The van der Waals surface area contributed by atoms with Crippen LogP contribution in [0.5, 0.6) is 0 Å². The molecule has 2 aromatic heterocycles. The van der Waals surface area contributed by atoms with E-state index in [1.807, 2.05) is 11.3 Å².